The summed E-state index contributed by atoms with van der Waals surface area (Å²) in [6, 6.07) is 16.4. The summed E-state index contributed by atoms with van der Waals surface area (Å²) in [4.78, 5) is 16.9. The molecule has 2 heterocycles. The van der Waals surface area contributed by atoms with Gasteiger partial charge >= 0.3 is 0 Å². The summed E-state index contributed by atoms with van der Waals surface area (Å²) in [6.45, 7) is 0. The maximum atomic E-state index is 12.6. The molecule has 4 rings (SSSR count). The molecule has 0 aliphatic heterocycles. The van der Waals surface area contributed by atoms with E-state index in [4.69, 9.17) is 14.0 Å². The minimum atomic E-state index is -0.394. The van der Waals surface area contributed by atoms with Crippen LogP contribution in [0.3, 0.4) is 0 Å². The number of aromatic nitrogens is 2. The zero-order valence-corrected chi connectivity index (χ0v) is 15.3. The van der Waals surface area contributed by atoms with Crippen LogP contribution in [0.5, 0.6) is 11.5 Å². The van der Waals surface area contributed by atoms with Crippen LogP contribution in [-0.4, -0.2) is 30.3 Å². The number of anilines is 1. The molecular weight excluding hydrogens is 358 g/mol. The van der Waals surface area contributed by atoms with Gasteiger partial charge in [0.2, 0.25) is 0 Å². The van der Waals surface area contributed by atoms with E-state index in [1.54, 1.807) is 44.7 Å². The first-order chi connectivity index (χ1) is 13.7. The van der Waals surface area contributed by atoms with Crippen molar-refractivity contribution in [2.24, 2.45) is 0 Å². The first kappa shape index (κ1) is 17.5. The van der Waals surface area contributed by atoms with Crippen LogP contribution in [0.2, 0.25) is 0 Å². The zero-order valence-electron chi connectivity index (χ0n) is 15.3. The van der Waals surface area contributed by atoms with E-state index in [1.807, 2.05) is 30.3 Å². The van der Waals surface area contributed by atoms with Gasteiger partial charge in [-0.3, -0.25) is 9.78 Å². The number of methoxy groups -OCH3 is 2. The Balaban J connectivity index is 1.59. The molecule has 0 saturated carbocycles. The van der Waals surface area contributed by atoms with Crippen molar-refractivity contribution in [1.82, 2.24) is 10.1 Å². The third-order valence-corrected chi connectivity index (χ3v) is 4.26. The van der Waals surface area contributed by atoms with Gasteiger partial charge in [-0.1, -0.05) is 23.4 Å². The number of pyridine rings is 1. The highest BCUT2D eigenvalue weighted by Gasteiger charge is 2.17. The van der Waals surface area contributed by atoms with Gasteiger partial charge in [0.25, 0.3) is 5.91 Å². The molecule has 0 radical (unpaired) electrons. The quantitative estimate of drug-likeness (QED) is 0.564. The lowest BCUT2D eigenvalue weighted by atomic mass is 10.1. The van der Waals surface area contributed by atoms with Gasteiger partial charge in [-0.2, -0.15) is 0 Å². The second-order valence-corrected chi connectivity index (χ2v) is 6.01. The van der Waals surface area contributed by atoms with Gasteiger partial charge in [-0.15, -0.1) is 0 Å². The summed E-state index contributed by atoms with van der Waals surface area (Å²) in [5.74, 6) is 1.23. The number of fused-ring (bicyclic) bond motifs is 1. The Morgan fingerprint density at radius 3 is 2.71 bits per heavy atom. The number of carbonyl (C=O) groups excluding carboxylic acids is 1. The highest BCUT2D eigenvalue weighted by atomic mass is 16.5. The van der Waals surface area contributed by atoms with E-state index in [0.717, 1.165) is 10.9 Å². The fourth-order valence-electron chi connectivity index (χ4n) is 2.85. The number of rotatable bonds is 5. The molecule has 0 aliphatic carbocycles. The van der Waals surface area contributed by atoms with Crippen molar-refractivity contribution < 1.29 is 18.8 Å². The van der Waals surface area contributed by atoms with Crippen LogP contribution in [0.15, 0.2) is 65.3 Å². The van der Waals surface area contributed by atoms with E-state index >= 15 is 0 Å². The SMILES string of the molecule is COc1ccc(OC)c(-c2cc(C(=O)Nc3cnc4ccccc4c3)no2)c1. The molecule has 0 fully saturated rings. The Hall–Kier alpha value is -3.87. The Labute approximate surface area is 160 Å². The summed E-state index contributed by atoms with van der Waals surface area (Å²) >= 11 is 0. The molecule has 0 atom stereocenters. The Bertz CT molecular complexity index is 1150. The number of hydrogen-bond donors (Lipinski definition) is 1. The predicted molar refractivity (Wildman–Crippen MR) is 105 cm³/mol. The monoisotopic (exact) mass is 375 g/mol. The smallest absolute Gasteiger partial charge is 0.277 e. The fourth-order valence-corrected chi connectivity index (χ4v) is 2.85. The largest absolute Gasteiger partial charge is 0.497 e. The highest BCUT2D eigenvalue weighted by Crippen LogP contribution is 2.33. The van der Waals surface area contributed by atoms with Crippen LogP contribution in [-0.2, 0) is 0 Å². The van der Waals surface area contributed by atoms with Crippen molar-refractivity contribution in [2.45, 2.75) is 0 Å². The molecule has 0 bridgehead atoms. The number of para-hydroxylation sites is 1. The number of nitrogens with zero attached hydrogens (tertiary/aromatic N) is 2. The molecule has 0 saturated heterocycles. The molecule has 1 amide bonds. The standard InChI is InChI=1S/C21H17N3O4/c1-26-15-7-8-19(27-2)16(10-15)20-11-18(24-28-20)21(25)23-14-9-13-5-3-4-6-17(13)22-12-14/h3-12H,1-2H3,(H,23,25). The number of benzene rings is 2. The average Bonchev–Trinajstić information content (AvgIpc) is 3.23. The first-order valence-electron chi connectivity index (χ1n) is 8.53. The summed E-state index contributed by atoms with van der Waals surface area (Å²) in [7, 11) is 3.13. The van der Waals surface area contributed by atoms with Crippen molar-refractivity contribution in [3.05, 3.63) is 66.5 Å². The molecular formula is C21H17N3O4. The lowest BCUT2D eigenvalue weighted by molar-refractivity contribution is 0.101. The van der Waals surface area contributed by atoms with Gasteiger partial charge in [-0.05, 0) is 30.3 Å². The van der Waals surface area contributed by atoms with E-state index < -0.39 is 5.91 Å². The average molecular weight is 375 g/mol. The van der Waals surface area contributed by atoms with E-state index in [1.165, 1.54) is 0 Å². The second kappa shape index (κ2) is 7.40. The fraction of sp³-hybridized carbons (Fsp3) is 0.0952. The molecule has 0 aliphatic rings. The number of ether oxygens (including phenoxy) is 2. The summed E-state index contributed by atoms with van der Waals surface area (Å²) in [5.41, 5.74) is 2.22. The number of hydrogen-bond acceptors (Lipinski definition) is 6. The second-order valence-electron chi connectivity index (χ2n) is 6.01. The number of nitrogens with one attached hydrogen (secondary N) is 1. The van der Waals surface area contributed by atoms with E-state index in [2.05, 4.69) is 15.5 Å². The Morgan fingerprint density at radius 1 is 1.04 bits per heavy atom. The van der Waals surface area contributed by atoms with Crippen molar-refractivity contribution in [3.63, 3.8) is 0 Å². The minimum Gasteiger partial charge on any atom is -0.497 e. The van der Waals surface area contributed by atoms with Crippen LogP contribution in [0.1, 0.15) is 10.5 Å². The summed E-state index contributed by atoms with van der Waals surface area (Å²) < 4.78 is 16.0. The zero-order chi connectivity index (χ0) is 19.5. The molecule has 7 nitrogen and oxygen atoms in total. The van der Waals surface area contributed by atoms with Gasteiger partial charge in [0.15, 0.2) is 11.5 Å². The number of amides is 1. The highest BCUT2D eigenvalue weighted by molar-refractivity contribution is 6.04. The van der Waals surface area contributed by atoms with Gasteiger partial charge in [-0.25, -0.2) is 0 Å². The van der Waals surface area contributed by atoms with E-state index in [9.17, 15) is 4.79 Å². The van der Waals surface area contributed by atoms with Gasteiger partial charge in [0, 0.05) is 11.5 Å². The molecule has 140 valence electrons. The van der Waals surface area contributed by atoms with Crippen molar-refractivity contribution in [1.29, 1.82) is 0 Å². The third-order valence-electron chi connectivity index (χ3n) is 4.26. The van der Waals surface area contributed by atoms with E-state index in [-0.39, 0.29) is 5.69 Å². The summed E-state index contributed by atoms with van der Waals surface area (Å²) in [5, 5.41) is 7.60. The molecule has 2 aromatic heterocycles. The maximum absolute atomic E-state index is 12.6. The van der Waals surface area contributed by atoms with Crippen molar-refractivity contribution in [3.8, 4) is 22.8 Å². The van der Waals surface area contributed by atoms with Crippen LogP contribution in [0, 0.1) is 0 Å². The number of carbonyl (C=O) groups is 1. The lowest BCUT2D eigenvalue weighted by Crippen LogP contribution is -2.12. The molecule has 28 heavy (non-hydrogen) atoms. The van der Waals surface area contributed by atoms with Crippen LogP contribution < -0.4 is 14.8 Å². The molecule has 2 aromatic carbocycles. The minimum absolute atomic E-state index is 0.146. The van der Waals surface area contributed by atoms with E-state index in [0.29, 0.717) is 28.5 Å². The summed E-state index contributed by atoms with van der Waals surface area (Å²) in [6.07, 6.45) is 1.60. The molecule has 1 N–H and O–H groups in total. The van der Waals surface area contributed by atoms with Crippen molar-refractivity contribution >= 4 is 22.5 Å². The Kier molecular flexibility index (Phi) is 4.63. The van der Waals surface area contributed by atoms with Crippen molar-refractivity contribution in [2.75, 3.05) is 19.5 Å². The maximum Gasteiger partial charge on any atom is 0.277 e. The lowest BCUT2D eigenvalue weighted by Gasteiger charge is -2.07. The molecule has 0 unspecified atom stereocenters. The normalized spacial score (nSPS) is 10.6. The van der Waals surface area contributed by atoms with Crippen LogP contribution >= 0.6 is 0 Å². The molecule has 7 heteroatoms. The predicted octanol–water partition coefficient (Wildman–Crippen LogP) is 4.16. The molecule has 0 spiro atoms. The van der Waals surface area contributed by atoms with Crippen LogP contribution in [0.4, 0.5) is 5.69 Å². The molecule has 4 aromatic rings. The third kappa shape index (κ3) is 3.37. The van der Waals surface area contributed by atoms with Gasteiger partial charge in [0.1, 0.15) is 11.5 Å². The van der Waals surface area contributed by atoms with Gasteiger partial charge in [0.05, 0.1) is 37.2 Å². The Morgan fingerprint density at radius 2 is 1.89 bits per heavy atom. The topological polar surface area (TPSA) is 86.5 Å². The first-order valence-corrected chi connectivity index (χ1v) is 8.53. The van der Waals surface area contributed by atoms with Gasteiger partial charge < -0.3 is 19.3 Å². The van der Waals surface area contributed by atoms with Crippen LogP contribution in [0.25, 0.3) is 22.2 Å².